The highest BCUT2D eigenvalue weighted by molar-refractivity contribution is 8.76. The molecule has 9 heavy (non-hydrogen) atoms. The van der Waals surface area contributed by atoms with Crippen LogP contribution in [-0.2, 0) is 4.79 Å². The third kappa shape index (κ3) is 8.17. The van der Waals surface area contributed by atoms with Crippen molar-refractivity contribution < 1.29 is 4.79 Å². The van der Waals surface area contributed by atoms with E-state index in [4.69, 9.17) is 5.73 Å². The highest BCUT2D eigenvalue weighted by Gasteiger charge is 1.92. The molecule has 0 aromatic rings. The molecule has 0 aliphatic heterocycles. The number of amides is 1. The van der Waals surface area contributed by atoms with E-state index in [1.807, 2.05) is 0 Å². The maximum Gasteiger partial charge on any atom is 0.218 e. The Bertz CT molecular complexity index is 87.0. The van der Waals surface area contributed by atoms with Crippen molar-refractivity contribution in [2.75, 3.05) is 11.5 Å². The molecular formula is C5H11NOS2. The molecule has 0 aromatic carbocycles. The van der Waals surface area contributed by atoms with Gasteiger partial charge >= 0.3 is 0 Å². The van der Waals surface area contributed by atoms with Crippen LogP contribution in [0.4, 0.5) is 0 Å². The molecule has 2 N–H and O–H groups in total. The minimum absolute atomic E-state index is 0.209. The van der Waals surface area contributed by atoms with Gasteiger partial charge in [-0.1, -0.05) is 28.5 Å². The number of rotatable bonds is 5. The van der Waals surface area contributed by atoms with E-state index >= 15 is 0 Å². The molecule has 1 amide bonds. The molecule has 4 heteroatoms. The van der Waals surface area contributed by atoms with Gasteiger partial charge < -0.3 is 5.73 Å². The SMILES string of the molecule is CCSSCCC(N)=O. The minimum Gasteiger partial charge on any atom is -0.370 e. The summed E-state index contributed by atoms with van der Waals surface area (Å²) in [6, 6.07) is 0. The van der Waals surface area contributed by atoms with E-state index in [1.165, 1.54) is 0 Å². The van der Waals surface area contributed by atoms with Crippen LogP contribution >= 0.6 is 21.6 Å². The van der Waals surface area contributed by atoms with Crippen molar-refractivity contribution in [3.8, 4) is 0 Å². The summed E-state index contributed by atoms with van der Waals surface area (Å²) in [7, 11) is 3.46. The Labute approximate surface area is 63.3 Å². The first-order valence-electron chi connectivity index (χ1n) is 2.80. The molecule has 0 radical (unpaired) electrons. The molecule has 0 atom stereocenters. The van der Waals surface area contributed by atoms with Crippen LogP contribution in [0, 0.1) is 0 Å². The predicted octanol–water partition coefficient (Wildman–Crippen LogP) is 1.26. The minimum atomic E-state index is -0.209. The van der Waals surface area contributed by atoms with Gasteiger partial charge in [0.25, 0.3) is 0 Å². The van der Waals surface area contributed by atoms with Gasteiger partial charge in [0.15, 0.2) is 0 Å². The third-order valence-electron chi connectivity index (χ3n) is 0.633. The zero-order valence-electron chi connectivity index (χ0n) is 5.42. The van der Waals surface area contributed by atoms with E-state index in [9.17, 15) is 4.79 Å². The molecule has 0 aliphatic carbocycles. The zero-order valence-corrected chi connectivity index (χ0v) is 7.06. The molecule has 0 bridgehead atoms. The summed E-state index contributed by atoms with van der Waals surface area (Å²) in [4.78, 5) is 10.2. The molecular weight excluding hydrogens is 154 g/mol. The molecule has 0 aliphatic rings. The topological polar surface area (TPSA) is 43.1 Å². The lowest BCUT2D eigenvalue weighted by Gasteiger charge is -1.93. The molecule has 0 rings (SSSR count). The van der Waals surface area contributed by atoms with Crippen LogP contribution in [0.25, 0.3) is 0 Å². The lowest BCUT2D eigenvalue weighted by molar-refractivity contribution is -0.117. The molecule has 0 aromatic heterocycles. The summed E-state index contributed by atoms with van der Waals surface area (Å²) in [5, 5.41) is 0. The van der Waals surface area contributed by atoms with Gasteiger partial charge in [-0.3, -0.25) is 4.79 Å². The molecule has 0 heterocycles. The normalized spacial score (nSPS) is 9.44. The van der Waals surface area contributed by atoms with E-state index in [1.54, 1.807) is 21.6 Å². The van der Waals surface area contributed by atoms with Gasteiger partial charge in [-0.25, -0.2) is 0 Å². The molecule has 0 saturated carbocycles. The number of primary amides is 1. The van der Waals surface area contributed by atoms with Crippen LogP contribution in [-0.4, -0.2) is 17.4 Å². The van der Waals surface area contributed by atoms with E-state index in [0.717, 1.165) is 11.5 Å². The molecule has 0 saturated heterocycles. The summed E-state index contributed by atoms with van der Waals surface area (Å²) in [5.74, 6) is 1.72. The Balaban J connectivity index is 2.83. The van der Waals surface area contributed by atoms with Gasteiger partial charge in [0, 0.05) is 17.9 Å². The lowest BCUT2D eigenvalue weighted by Crippen LogP contribution is -2.10. The summed E-state index contributed by atoms with van der Waals surface area (Å²) >= 11 is 0. The summed E-state index contributed by atoms with van der Waals surface area (Å²) in [6.45, 7) is 2.09. The molecule has 0 unspecified atom stereocenters. The Morgan fingerprint density at radius 3 is 2.67 bits per heavy atom. The van der Waals surface area contributed by atoms with E-state index in [2.05, 4.69) is 6.92 Å². The van der Waals surface area contributed by atoms with Crippen LogP contribution in [0.1, 0.15) is 13.3 Å². The second-order valence-electron chi connectivity index (χ2n) is 1.44. The smallest absolute Gasteiger partial charge is 0.218 e. The fourth-order valence-electron chi connectivity index (χ4n) is 0.285. The van der Waals surface area contributed by atoms with Crippen LogP contribution < -0.4 is 5.73 Å². The maximum atomic E-state index is 10.2. The average molecular weight is 165 g/mol. The number of nitrogens with two attached hydrogens (primary N) is 1. The van der Waals surface area contributed by atoms with Gasteiger partial charge in [-0.15, -0.1) is 0 Å². The Morgan fingerprint density at radius 2 is 2.22 bits per heavy atom. The van der Waals surface area contributed by atoms with Crippen LogP contribution in [0.15, 0.2) is 0 Å². The van der Waals surface area contributed by atoms with Crippen molar-refractivity contribution in [3.63, 3.8) is 0 Å². The zero-order chi connectivity index (χ0) is 7.11. The summed E-state index contributed by atoms with van der Waals surface area (Å²) < 4.78 is 0. The second kappa shape index (κ2) is 6.29. The maximum absolute atomic E-state index is 10.2. The predicted molar refractivity (Wildman–Crippen MR) is 44.4 cm³/mol. The molecule has 54 valence electrons. The van der Waals surface area contributed by atoms with Gasteiger partial charge in [0.05, 0.1) is 0 Å². The van der Waals surface area contributed by atoms with E-state index < -0.39 is 0 Å². The van der Waals surface area contributed by atoms with Crippen LogP contribution in [0.3, 0.4) is 0 Å². The molecule has 2 nitrogen and oxygen atoms in total. The van der Waals surface area contributed by atoms with Crippen molar-refractivity contribution in [1.82, 2.24) is 0 Å². The van der Waals surface area contributed by atoms with E-state index in [-0.39, 0.29) is 5.91 Å². The quantitative estimate of drug-likeness (QED) is 0.492. The summed E-state index contributed by atoms with van der Waals surface area (Å²) in [6.07, 6.45) is 0.498. The van der Waals surface area contributed by atoms with Crippen molar-refractivity contribution >= 4 is 27.5 Å². The number of carbonyl (C=O) groups is 1. The van der Waals surface area contributed by atoms with Gasteiger partial charge in [-0.2, -0.15) is 0 Å². The Hall–Kier alpha value is 0.170. The van der Waals surface area contributed by atoms with Gasteiger partial charge in [0.1, 0.15) is 0 Å². The Morgan fingerprint density at radius 1 is 1.56 bits per heavy atom. The van der Waals surface area contributed by atoms with Crippen molar-refractivity contribution in [3.05, 3.63) is 0 Å². The highest BCUT2D eigenvalue weighted by Crippen LogP contribution is 2.20. The van der Waals surface area contributed by atoms with Crippen molar-refractivity contribution in [2.24, 2.45) is 5.73 Å². The Kier molecular flexibility index (Phi) is 6.41. The molecule has 0 spiro atoms. The number of carbonyl (C=O) groups excluding carboxylic acids is 1. The number of hydrogen-bond donors (Lipinski definition) is 1. The average Bonchev–Trinajstić information content (AvgIpc) is 1.80. The largest absolute Gasteiger partial charge is 0.370 e. The first-order valence-corrected chi connectivity index (χ1v) is 5.29. The number of hydrogen-bond acceptors (Lipinski definition) is 3. The lowest BCUT2D eigenvalue weighted by atomic mass is 10.5. The fourth-order valence-corrected chi connectivity index (χ4v) is 1.96. The summed E-state index contributed by atoms with van der Waals surface area (Å²) in [5.41, 5.74) is 4.91. The molecule has 0 fully saturated rings. The third-order valence-corrected chi connectivity index (χ3v) is 3.11. The highest BCUT2D eigenvalue weighted by atomic mass is 33.1. The fraction of sp³-hybridized carbons (Fsp3) is 0.800. The van der Waals surface area contributed by atoms with Crippen molar-refractivity contribution in [2.45, 2.75) is 13.3 Å². The van der Waals surface area contributed by atoms with Crippen molar-refractivity contribution in [1.29, 1.82) is 0 Å². The van der Waals surface area contributed by atoms with Crippen LogP contribution in [0.2, 0.25) is 0 Å². The van der Waals surface area contributed by atoms with Gasteiger partial charge in [-0.05, 0) is 0 Å². The van der Waals surface area contributed by atoms with E-state index in [0.29, 0.717) is 6.42 Å². The standard InChI is InChI=1S/C5H11NOS2/c1-2-8-9-4-3-5(6)7/h2-4H2,1H3,(H2,6,7). The first kappa shape index (κ1) is 9.17. The second-order valence-corrected chi connectivity index (χ2v) is 4.32. The monoisotopic (exact) mass is 165 g/mol. The first-order chi connectivity index (χ1) is 4.27. The van der Waals surface area contributed by atoms with Crippen LogP contribution in [0.5, 0.6) is 0 Å². The van der Waals surface area contributed by atoms with Gasteiger partial charge in [0.2, 0.25) is 5.91 Å².